The molecule has 1 saturated heterocycles. The maximum Gasteiger partial charge on any atom is 0.263 e. The minimum absolute atomic E-state index is 0.241. The lowest BCUT2D eigenvalue weighted by Gasteiger charge is -2.17. The van der Waals surface area contributed by atoms with E-state index >= 15 is 0 Å². The molecule has 3 rings (SSSR count). The summed E-state index contributed by atoms with van der Waals surface area (Å²) in [7, 11) is 0. The van der Waals surface area contributed by atoms with Gasteiger partial charge in [0.2, 0.25) is 0 Å². The quantitative estimate of drug-likeness (QED) is 0.621. The molecule has 94 valence electrons. The molecule has 0 aliphatic carbocycles. The minimum atomic E-state index is -0.278. The van der Waals surface area contributed by atoms with Crippen molar-refractivity contribution in [3.8, 4) is 0 Å². The maximum absolute atomic E-state index is 12.2. The summed E-state index contributed by atoms with van der Waals surface area (Å²) in [5.74, 6) is -0.275. The number of fused-ring (bicyclic) bond motifs is 1. The number of nitrogens with two attached hydrogens (primary N) is 1. The van der Waals surface area contributed by atoms with Crippen LogP contribution in [-0.2, 0) is 4.74 Å². The zero-order valence-corrected chi connectivity index (χ0v) is 9.89. The number of nitrogens with zero attached hydrogens (tertiary/aromatic N) is 1. The molecule has 5 nitrogen and oxygen atoms in total. The smallest absolute Gasteiger partial charge is 0.263 e. The van der Waals surface area contributed by atoms with Gasteiger partial charge in [0.05, 0.1) is 17.7 Å². The molecule has 2 aliphatic heterocycles. The van der Waals surface area contributed by atoms with Gasteiger partial charge in [0.25, 0.3) is 11.8 Å². The highest BCUT2D eigenvalue weighted by Crippen LogP contribution is 2.29. The number of nitrogen functional groups attached to an aromatic ring is 1. The highest BCUT2D eigenvalue weighted by Gasteiger charge is 2.38. The molecule has 5 heteroatoms. The van der Waals surface area contributed by atoms with Gasteiger partial charge in [-0.2, -0.15) is 0 Å². The molecule has 0 aromatic heterocycles. The van der Waals surface area contributed by atoms with Gasteiger partial charge in [-0.1, -0.05) is 6.07 Å². The average molecular weight is 246 g/mol. The molecule has 2 amide bonds. The molecule has 0 spiro atoms. The Hall–Kier alpha value is -1.88. The molecule has 2 N–H and O–H groups in total. The number of imide groups is 1. The first-order valence-corrected chi connectivity index (χ1v) is 6.01. The van der Waals surface area contributed by atoms with Gasteiger partial charge in [0, 0.05) is 24.8 Å². The first-order valence-electron chi connectivity index (χ1n) is 6.01. The molecule has 1 unspecified atom stereocenters. The highest BCUT2D eigenvalue weighted by atomic mass is 16.5. The van der Waals surface area contributed by atoms with E-state index in [0.29, 0.717) is 36.6 Å². The largest absolute Gasteiger partial charge is 0.398 e. The summed E-state index contributed by atoms with van der Waals surface area (Å²) in [6, 6.07) is 4.99. The maximum atomic E-state index is 12.2. The van der Waals surface area contributed by atoms with Crippen LogP contribution in [0.15, 0.2) is 18.2 Å². The summed E-state index contributed by atoms with van der Waals surface area (Å²) in [5, 5.41) is 0. The molecular weight excluding hydrogens is 232 g/mol. The third kappa shape index (κ3) is 1.59. The van der Waals surface area contributed by atoms with Crippen LogP contribution in [0.2, 0.25) is 0 Å². The Labute approximate surface area is 105 Å². The molecule has 1 fully saturated rings. The summed E-state index contributed by atoms with van der Waals surface area (Å²) in [6.45, 7) is 1.74. The highest BCUT2D eigenvalue weighted by molar-refractivity contribution is 6.23. The van der Waals surface area contributed by atoms with Crippen LogP contribution in [0.3, 0.4) is 0 Å². The number of carbonyl (C=O) groups is 2. The van der Waals surface area contributed by atoms with Gasteiger partial charge in [-0.25, -0.2) is 0 Å². The first kappa shape index (κ1) is 11.2. The summed E-state index contributed by atoms with van der Waals surface area (Å²) < 4.78 is 5.26. The van der Waals surface area contributed by atoms with E-state index in [1.807, 2.05) is 0 Å². The number of rotatable bonds is 2. The van der Waals surface area contributed by atoms with Gasteiger partial charge in [0.1, 0.15) is 0 Å². The van der Waals surface area contributed by atoms with Crippen molar-refractivity contribution in [2.24, 2.45) is 5.92 Å². The second kappa shape index (κ2) is 4.10. The molecule has 18 heavy (non-hydrogen) atoms. The van der Waals surface area contributed by atoms with Gasteiger partial charge in [-0.05, 0) is 18.6 Å². The van der Waals surface area contributed by atoms with E-state index in [0.717, 1.165) is 6.42 Å². The zero-order valence-electron chi connectivity index (χ0n) is 9.89. The summed E-state index contributed by atoms with van der Waals surface area (Å²) >= 11 is 0. The van der Waals surface area contributed by atoms with Crippen LogP contribution >= 0.6 is 0 Å². The fourth-order valence-corrected chi connectivity index (χ4v) is 2.51. The van der Waals surface area contributed by atoms with Crippen LogP contribution in [0.4, 0.5) is 5.69 Å². The van der Waals surface area contributed by atoms with Crippen molar-refractivity contribution in [1.29, 1.82) is 0 Å². The Morgan fingerprint density at radius 2 is 2.17 bits per heavy atom. The van der Waals surface area contributed by atoms with Crippen molar-refractivity contribution in [1.82, 2.24) is 4.90 Å². The second-order valence-corrected chi connectivity index (χ2v) is 4.72. The van der Waals surface area contributed by atoms with E-state index in [4.69, 9.17) is 10.5 Å². The zero-order chi connectivity index (χ0) is 12.7. The van der Waals surface area contributed by atoms with E-state index in [1.165, 1.54) is 4.90 Å². The number of hydrogen-bond donors (Lipinski definition) is 1. The first-order chi connectivity index (χ1) is 8.68. The number of amides is 2. The molecule has 0 bridgehead atoms. The Morgan fingerprint density at radius 1 is 1.33 bits per heavy atom. The predicted molar refractivity (Wildman–Crippen MR) is 65.1 cm³/mol. The molecule has 1 aromatic carbocycles. The SMILES string of the molecule is Nc1cccc2c1C(=O)N(CC1CCOC1)C2=O. The van der Waals surface area contributed by atoms with Gasteiger partial charge in [-0.15, -0.1) is 0 Å². The third-order valence-corrected chi connectivity index (χ3v) is 3.50. The monoisotopic (exact) mass is 246 g/mol. The fourth-order valence-electron chi connectivity index (χ4n) is 2.51. The summed E-state index contributed by atoms with van der Waals surface area (Å²) in [5.41, 5.74) is 6.91. The Morgan fingerprint density at radius 3 is 2.83 bits per heavy atom. The Bertz CT molecular complexity index is 521. The normalized spacial score (nSPS) is 22.7. The van der Waals surface area contributed by atoms with Crippen LogP contribution in [-0.4, -0.2) is 36.5 Å². The van der Waals surface area contributed by atoms with E-state index in [2.05, 4.69) is 0 Å². The van der Waals surface area contributed by atoms with Gasteiger partial charge >= 0.3 is 0 Å². The van der Waals surface area contributed by atoms with Crippen LogP contribution < -0.4 is 5.73 Å². The molecular formula is C13H14N2O3. The molecule has 1 atom stereocenters. The van der Waals surface area contributed by atoms with Crippen LogP contribution in [0.5, 0.6) is 0 Å². The predicted octanol–water partition coefficient (Wildman–Crippen LogP) is 0.901. The lowest BCUT2D eigenvalue weighted by molar-refractivity contribution is 0.0624. The molecule has 1 aromatic rings. The fraction of sp³-hybridized carbons (Fsp3) is 0.385. The molecule has 2 aliphatic rings. The number of anilines is 1. The number of benzene rings is 1. The van der Waals surface area contributed by atoms with Crippen LogP contribution in [0, 0.1) is 5.92 Å². The van der Waals surface area contributed by atoms with Crippen molar-refractivity contribution >= 4 is 17.5 Å². The van der Waals surface area contributed by atoms with E-state index in [1.54, 1.807) is 18.2 Å². The average Bonchev–Trinajstić information content (AvgIpc) is 2.94. The molecule has 0 radical (unpaired) electrons. The van der Waals surface area contributed by atoms with E-state index < -0.39 is 0 Å². The Kier molecular flexibility index (Phi) is 2.56. The number of carbonyl (C=O) groups excluding carboxylic acids is 2. The van der Waals surface area contributed by atoms with E-state index in [-0.39, 0.29) is 17.7 Å². The second-order valence-electron chi connectivity index (χ2n) is 4.72. The number of ether oxygens (including phenoxy) is 1. The topological polar surface area (TPSA) is 72.6 Å². The third-order valence-electron chi connectivity index (χ3n) is 3.50. The molecule has 2 heterocycles. The lowest BCUT2D eigenvalue weighted by atomic mass is 10.1. The van der Waals surface area contributed by atoms with Gasteiger partial charge < -0.3 is 10.5 Å². The van der Waals surface area contributed by atoms with Crippen LogP contribution in [0.25, 0.3) is 0 Å². The lowest BCUT2D eigenvalue weighted by Crippen LogP contribution is -2.34. The minimum Gasteiger partial charge on any atom is -0.398 e. The van der Waals surface area contributed by atoms with Crippen molar-refractivity contribution in [3.63, 3.8) is 0 Å². The summed E-state index contributed by atoms with van der Waals surface area (Å²) in [6.07, 6.45) is 0.892. The van der Waals surface area contributed by atoms with Gasteiger partial charge in [-0.3, -0.25) is 14.5 Å². The summed E-state index contributed by atoms with van der Waals surface area (Å²) in [4.78, 5) is 25.6. The van der Waals surface area contributed by atoms with Crippen molar-refractivity contribution in [2.45, 2.75) is 6.42 Å². The standard InChI is InChI=1S/C13H14N2O3/c14-10-3-1-2-9-11(10)13(17)15(12(9)16)6-8-4-5-18-7-8/h1-3,8H,4-7,14H2. The van der Waals surface area contributed by atoms with Crippen molar-refractivity contribution in [2.75, 3.05) is 25.5 Å². The van der Waals surface area contributed by atoms with Crippen LogP contribution in [0.1, 0.15) is 27.1 Å². The van der Waals surface area contributed by atoms with E-state index in [9.17, 15) is 9.59 Å². The molecule has 0 saturated carbocycles. The Balaban J connectivity index is 1.89. The number of hydrogen-bond acceptors (Lipinski definition) is 4. The van der Waals surface area contributed by atoms with Crippen molar-refractivity contribution in [3.05, 3.63) is 29.3 Å². The van der Waals surface area contributed by atoms with Gasteiger partial charge in [0.15, 0.2) is 0 Å². The van der Waals surface area contributed by atoms with Crippen molar-refractivity contribution < 1.29 is 14.3 Å².